The summed E-state index contributed by atoms with van der Waals surface area (Å²) in [6.45, 7) is 6.74. The molecule has 0 heterocycles. The van der Waals surface area contributed by atoms with Crippen molar-refractivity contribution in [2.45, 2.75) is 78.6 Å². The summed E-state index contributed by atoms with van der Waals surface area (Å²) in [5, 5.41) is 0. The lowest BCUT2D eigenvalue weighted by Gasteiger charge is -2.60. The summed E-state index contributed by atoms with van der Waals surface area (Å²) in [4.78, 5) is 24.1. The lowest BCUT2D eigenvalue weighted by molar-refractivity contribution is -0.143. The molecular formula is C21H32O2. The smallest absolute Gasteiger partial charge is 0.133 e. The molecule has 0 bridgehead atoms. The molecule has 0 aromatic rings. The van der Waals surface area contributed by atoms with Crippen LogP contribution in [0.15, 0.2) is 0 Å². The third-order valence-electron chi connectivity index (χ3n) is 8.97. The van der Waals surface area contributed by atoms with Crippen LogP contribution in [0.4, 0.5) is 0 Å². The molecule has 7 atom stereocenters. The van der Waals surface area contributed by atoms with E-state index in [0.717, 1.165) is 43.4 Å². The molecule has 0 aromatic heterocycles. The summed E-state index contributed by atoms with van der Waals surface area (Å²) in [7, 11) is 0. The SMILES string of the molecule is CC(=O)[C@@H]1CC[C@@H]2[C@@H]3CC[C@@H]4CC(=O)CC[C@]4(C)[C@H]3CC[C@]21C. The van der Waals surface area contributed by atoms with Crippen molar-refractivity contribution in [2.75, 3.05) is 0 Å². The highest BCUT2D eigenvalue weighted by Crippen LogP contribution is 2.67. The number of Topliss-reactive ketones (excluding diaryl/α,β-unsaturated/α-hetero) is 2. The fourth-order valence-electron chi connectivity index (χ4n) is 7.71. The number of carbonyl (C=O) groups excluding carboxylic acids is 2. The molecule has 4 fully saturated rings. The molecule has 4 aliphatic carbocycles. The fourth-order valence-corrected chi connectivity index (χ4v) is 7.71. The number of fused-ring (bicyclic) bond motifs is 5. The van der Waals surface area contributed by atoms with E-state index in [1.165, 1.54) is 32.1 Å². The second kappa shape index (κ2) is 5.17. The summed E-state index contributed by atoms with van der Waals surface area (Å²) < 4.78 is 0. The molecule has 4 saturated carbocycles. The van der Waals surface area contributed by atoms with Crippen LogP contribution >= 0.6 is 0 Å². The molecular weight excluding hydrogens is 284 g/mol. The molecule has 0 N–H and O–H groups in total. The fraction of sp³-hybridized carbons (Fsp3) is 0.905. The normalized spacial score (nSPS) is 52.5. The van der Waals surface area contributed by atoms with Gasteiger partial charge in [-0.1, -0.05) is 13.8 Å². The molecule has 0 radical (unpaired) electrons. The molecule has 0 aliphatic heterocycles. The summed E-state index contributed by atoms with van der Waals surface area (Å²) >= 11 is 0. The van der Waals surface area contributed by atoms with Gasteiger partial charge in [0.2, 0.25) is 0 Å². The van der Waals surface area contributed by atoms with Gasteiger partial charge in [0.05, 0.1) is 0 Å². The van der Waals surface area contributed by atoms with E-state index in [1.807, 2.05) is 6.92 Å². The number of rotatable bonds is 1. The standard InChI is InChI=1S/C21H32O2/c1-13(22)17-6-7-18-16-5-4-14-12-15(23)8-10-20(14,2)19(16)9-11-21(17,18)3/h14,16-19H,4-12H2,1-3H3/t14-,16+,17+,18-,19+,20+,21+/m1/s1. The van der Waals surface area contributed by atoms with Crippen molar-refractivity contribution in [2.24, 2.45) is 40.4 Å². The quantitative estimate of drug-likeness (QED) is 0.696. The Kier molecular flexibility index (Phi) is 3.56. The first-order chi connectivity index (χ1) is 10.9. The lowest BCUT2D eigenvalue weighted by Crippen LogP contribution is -2.53. The highest BCUT2D eigenvalue weighted by atomic mass is 16.1. The van der Waals surface area contributed by atoms with E-state index in [1.54, 1.807) is 0 Å². The largest absolute Gasteiger partial charge is 0.300 e. The number of ketones is 2. The molecule has 0 spiro atoms. The minimum Gasteiger partial charge on any atom is -0.300 e. The zero-order valence-electron chi connectivity index (χ0n) is 15.1. The Labute approximate surface area is 140 Å². The summed E-state index contributed by atoms with van der Waals surface area (Å²) in [5.74, 6) is 4.25. The molecule has 2 heteroatoms. The number of carbonyl (C=O) groups is 2. The minimum atomic E-state index is 0.265. The second-order valence-electron chi connectivity index (χ2n) is 9.68. The summed E-state index contributed by atoms with van der Waals surface area (Å²) in [6, 6.07) is 0. The third-order valence-corrected chi connectivity index (χ3v) is 8.97. The molecule has 23 heavy (non-hydrogen) atoms. The summed E-state index contributed by atoms with van der Waals surface area (Å²) in [6.07, 6.45) is 10.3. The van der Waals surface area contributed by atoms with Gasteiger partial charge in [0.15, 0.2) is 0 Å². The van der Waals surface area contributed by atoms with E-state index in [2.05, 4.69) is 13.8 Å². The van der Waals surface area contributed by atoms with Crippen LogP contribution in [0.3, 0.4) is 0 Å². The van der Waals surface area contributed by atoms with Crippen molar-refractivity contribution in [3.8, 4) is 0 Å². The summed E-state index contributed by atoms with van der Waals surface area (Å²) in [5.41, 5.74) is 0.660. The average Bonchev–Trinajstić information content (AvgIpc) is 2.85. The van der Waals surface area contributed by atoms with Gasteiger partial charge in [-0.05, 0) is 86.4 Å². The Morgan fingerprint density at radius 3 is 2.43 bits per heavy atom. The Morgan fingerprint density at radius 1 is 0.957 bits per heavy atom. The monoisotopic (exact) mass is 316 g/mol. The molecule has 0 saturated heterocycles. The topological polar surface area (TPSA) is 34.1 Å². The predicted molar refractivity (Wildman–Crippen MR) is 90.9 cm³/mol. The van der Waals surface area contributed by atoms with Crippen LogP contribution in [-0.4, -0.2) is 11.6 Å². The first kappa shape index (κ1) is 15.8. The third kappa shape index (κ3) is 2.12. The first-order valence-corrected chi connectivity index (χ1v) is 9.88. The van der Waals surface area contributed by atoms with Gasteiger partial charge in [-0.3, -0.25) is 9.59 Å². The van der Waals surface area contributed by atoms with Crippen molar-refractivity contribution < 1.29 is 9.59 Å². The van der Waals surface area contributed by atoms with Crippen LogP contribution in [0.25, 0.3) is 0 Å². The Hall–Kier alpha value is -0.660. The van der Waals surface area contributed by atoms with Gasteiger partial charge in [-0.25, -0.2) is 0 Å². The molecule has 0 unspecified atom stereocenters. The minimum absolute atomic E-state index is 0.265. The van der Waals surface area contributed by atoms with Crippen LogP contribution in [-0.2, 0) is 9.59 Å². The van der Waals surface area contributed by atoms with Gasteiger partial charge in [-0.2, -0.15) is 0 Å². The van der Waals surface area contributed by atoms with Crippen molar-refractivity contribution >= 4 is 11.6 Å². The van der Waals surface area contributed by atoms with Crippen molar-refractivity contribution in [1.29, 1.82) is 0 Å². The van der Waals surface area contributed by atoms with Crippen molar-refractivity contribution in [1.82, 2.24) is 0 Å². The lowest BCUT2D eigenvalue weighted by atomic mass is 9.44. The van der Waals surface area contributed by atoms with Crippen molar-refractivity contribution in [3.63, 3.8) is 0 Å². The van der Waals surface area contributed by atoms with Crippen molar-refractivity contribution in [3.05, 3.63) is 0 Å². The number of hydrogen-bond acceptors (Lipinski definition) is 2. The Balaban J connectivity index is 1.63. The van der Waals surface area contributed by atoms with E-state index in [0.29, 0.717) is 28.8 Å². The van der Waals surface area contributed by atoms with Crippen LogP contribution in [0.1, 0.15) is 78.6 Å². The second-order valence-corrected chi connectivity index (χ2v) is 9.68. The van der Waals surface area contributed by atoms with E-state index < -0.39 is 0 Å². The Bertz CT molecular complexity index is 538. The average molecular weight is 316 g/mol. The predicted octanol–water partition coefficient (Wildman–Crippen LogP) is 4.80. The van der Waals surface area contributed by atoms with Crippen LogP contribution in [0.5, 0.6) is 0 Å². The first-order valence-electron chi connectivity index (χ1n) is 9.88. The van der Waals surface area contributed by atoms with E-state index in [-0.39, 0.29) is 5.41 Å². The zero-order valence-corrected chi connectivity index (χ0v) is 15.1. The highest BCUT2D eigenvalue weighted by molar-refractivity contribution is 5.80. The zero-order chi connectivity index (χ0) is 16.4. The van der Waals surface area contributed by atoms with E-state index in [4.69, 9.17) is 0 Å². The maximum absolute atomic E-state index is 12.2. The highest BCUT2D eigenvalue weighted by Gasteiger charge is 2.60. The van der Waals surface area contributed by atoms with E-state index in [9.17, 15) is 9.59 Å². The van der Waals surface area contributed by atoms with Gasteiger partial charge in [0.1, 0.15) is 11.6 Å². The van der Waals surface area contributed by atoms with Crippen LogP contribution in [0, 0.1) is 40.4 Å². The van der Waals surface area contributed by atoms with Gasteiger partial charge in [-0.15, -0.1) is 0 Å². The Morgan fingerprint density at radius 2 is 1.70 bits per heavy atom. The molecule has 4 aliphatic rings. The van der Waals surface area contributed by atoms with Crippen LogP contribution < -0.4 is 0 Å². The van der Waals surface area contributed by atoms with Crippen LogP contribution in [0.2, 0.25) is 0 Å². The number of hydrogen-bond donors (Lipinski definition) is 0. The van der Waals surface area contributed by atoms with Gasteiger partial charge < -0.3 is 0 Å². The maximum Gasteiger partial charge on any atom is 0.133 e. The maximum atomic E-state index is 12.2. The molecule has 128 valence electrons. The molecule has 0 aromatic carbocycles. The van der Waals surface area contributed by atoms with E-state index >= 15 is 0 Å². The molecule has 2 nitrogen and oxygen atoms in total. The molecule has 0 amide bonds. The van der Waals surface area contributed by atoms with Gasteiger partial charge in [0.25, 0.3) is 0 Å². The molecule has 4 rings (SSSR count). The van der Waals surface area contributed by atoms with Gasteiger partial charge >= 0.3 is 0 Å². The van der Waals surface area contributed by atoms with Gasteiger partial charge in [0, 0.05) is 18.8 Å².